The van der Waals surface area contributed by atoms with Crippen LogP contribution in [0.2, 0.25) is 0 Å². The second-order valence-electron chi connectivity index (χ2n) is 8.15. The third-order valence-electron chi connectivity index (χ3n) is 5.88. The van der Waals surface area contributed by atoms with Gasteiger partial charge in [-0.2, -0.15) is 9.30 Å². The van der Waals surface area contributed by atoms with E-state index in [4.69, 9.17) is 9.84 Å². The van der Waals surface area contributed by atoms with Crippen molar-refractivity contribution in [3.05, 3.63) is 35.2 Å². The Labute approximate surface area is 189 Å². The molecule has 1 aromatic rings. The van der Waals surface area contributed by atoms with Crippen LogP contribution in [0.3, 0.4) is 0 Å². The number of aliphatic imine (C=N–C) groups is 1. The number of piperidine rings is 1. The molecule has 1 saturated heterocycles. The molecule has 0 bridgehead atoms. The number of ether oxygens (including phenoxy) is 1. The molecule has 3 heterocycles. The van der Waals surface area contributed by atoms with Crippen molar-refractivity contribution in [2.75, 3.05) is 26.2 Å². The minimum Gasteiger partial charge on any atom is -0.493 e. The van der Waals surface area contributed by atoms with Crippen LogP contribution in [-0.2, 0) is 10.0 Å². The number of nitrogens with zero attached hydrogens (tertiary/aromatic N) is 4. The third kappa shape index (κ3) is 4.32. The first-order valence-electron chi connectivity index (χ1n) is 11.2. The summed E-state index contributed by atoms with van der Waals surface area (Å²) in [4.78, 5) is 4.85. The lowest BCUT2D eigenvalue weighted by molar-refractivity contribution is 0.113. The average Bonchev–Trinajstić information content (AvgIpc) is 3.09. The number of rotatable bonds is 7. The molecule has 0 saturated carbocycles. The fraction of sp³-hybridized carbons (Fsp3) is 0.545. The van der Waals surface area contributed by atoms with Crippen molar-refractivity contribution >= 4 is 21.7 Å². The fourth-order valence-corrected chi connectivity index (χ4v) is 5.64. The summed E-state index contributed by atoms with van der Waals surface area (Å²) in [6, 6.07) is 4.90. The summed E-state index contributed by atoms with van der Waals surface area (Å²) >= 11 is 0. The molecule has 4 rings (SSSR count). The summed E-state index contributed by atoms with van der Waals surface area (Å²) in [7, 11) is -3.69. The maximum absolute atomic E-state index is 13.3. The van der Waals surface area contributed by atoms with Crippen molar-refractivity contribution in [3.63, 3.8) is 0 Å². The molecule has 0 unspecified atom stereocenters. The molecule has 9 nitrogen and oxygen atoms in total. The lowest BCUT2D eigenvalue weighted by Gasteiger charge is -2.29. The number of allylic oxidation sites excluding steroid dienone is 1. The molecule has 3 aliphatic heterocycles. The molecule has 0 atom stereocenters. The monoisotopic (exact) mass is 461 g/mol. The van der Waals surface area contributed by atoms with Gasteiger partial charge in [0.05, 0.1) is 28.2 Å². The Morgan fingerprint density at radius 3 is 2.72 bits per heavy atom. The van der Waals surface area contributed by atoms with Crippen LogP contribution >= 0.6 is 0 Å². The van der Waals surface area contributed by atoms with Gasteiger partial charge in [-0.15, -0.1) is 0 Å². The van der Waals surface area contributed by atoms with Crippen molar-refractivity contribution in [2.45, 2.75) is 57.5 Å². The maximum Gasteiger partial charge on any atom is 0.288 e. The number of hydrogen-bond acceptors (Lipinski definition) is 8. The SMILES string of the molecule is CCCC1=NC(C)=C2CNC(c3cc(S(=O)(=O)N4CCC(O)CC4)ccc3OCC)=N[N+]12. The summed E-state index contributed by atoms with van der Waals surface area (Å²) in [6.45, 7) is 7.58. The zero-order valence-corrected chi connectivity index (χ0v) is 19.7. The van der Waals surface area contributed by atoms with Gasteiger partial charge in [0.25, 0.3) is 5.84 Å². The molecule has 1 fully saturated rings. The van der Waals surface area contributed by atoms with E-state index in [1.165, 1.54) is 4.31 Å². The summed E-state index contributed by atoms with van der Waals surface area (Å²) in [5.74, 6) is 2.03. The van der Waals surface area contributed by atoms with Gasteiger partial charge in [-0.25, -0.2) is 8.42 Å². The number of sulfonamides is 1. The summed E-state index contributed by atoms with van der Waals surface area (Å²) in [6.07, 6.45) is 2.21. The van der Waals surface area contributed by atoms with E-state index in [0.717, 1.165) is 30.1 Å². The number of fused-ring (bicyclic) bond motifs is 1. The van der Waals surface area contributed by atoms with Crippen LogP contribution in [0, 0.1) is 0 Å². The number of hydrogen-bond donors (Lipinski definition) is 2. The topological polar surface area (TPSA) is 109 Å². The van der Waals surface area contributed by atoms with Crippen molar-refractivity contribution in [3.8, 4) is 5.75 Å². The van der Waals surface area contributed by atoms with Gasteiger partial charge in [-0.1, -0.05) is 6.92 Å². The van der Waals surface area contributed by atoms with Gasteiger partial charge in [0.15, 0.2) is 0 Å². The largest absolute Gasteiger partial charge is 0.493 e. The van der Waals surface area contributed by atoms with Crippen molar-refractivity contribution < 1.29 is 18.3 Å². The Morgan fingerprint density at radius 1 is 1.28 bits per heavy atom. The standard InChI is InChI=1S/C22H31N5O4S/c1-4-6-21-24-15(3)19-14-23-22(25-27(19)21)18-13-17(7-8-20(18)31-5-2)32(29,30)26-11-9-16(28)10-12-26/h7-8,13,16,28H,4-6,9-12,14H2,1-3H3,(H,23,25)/q+1. The zero-order valence-electron chi connectivity index (χ0n) is 18.8. The summed E-state index contributed by atoms with van der Waals surface area (Å²) in [5.41, 5.74) is 2.55. The molecule has 0 amide bonds. The van der Waals surface area contributed by atoms with E-state index in [2.05, 4.69) is 17.2 Å². The van der Waals surface area contributed by atoms with Gasteiger partial charge < -0.3 is 15.2 Å². The van der Waals surface area contributed by atoms with Gasteiger partial charge in [-0.3, -0.25) is 0 Å². The van der Waals surface area contributed by atoms with Crippen LogP contribution in [0.4, 0.5) is 0 Å². The van der Waals surface area contributed by atoms with Crippen molar-refractivity contribution in [2.24, 2.45) is 10.1 Å². The highest BCUT2D eigenvalue weighted by Crippen LogP contribution is 2.29. The Kier molecular flexibility index (Phi) is 6.66. The molecule has 1 radical (unpaired) electrons. The first-order chi connectivity index (χ1) is 15.3. The van der Waals surface area contributed by atoms with E-state index in [0.29, 0.717) is 56.2 Å². The van der Waals surface area contributed by atoms with Crippen LogP contribution < -0.4 is 15.1 Å². The molecule has 32 heavy (non-hydrogen) atoms. The molecule has 0 aliphatic carbocycles. The van der Waals surface area contributed by atoms with Crippen LogP contribution in [0.25, 0.3) is 0 Å². The van der Waals surface area contributed by atoms with Crippen molar-refractivity contribution in [1.29, 1.82) is 0 Å². The van der Waals surface area contributed by atoms with E-state index in [1.54, 1.807) is 18.2 Å². The Balaban J connectivity index is 1.71. The van der Waals surface area contributed by atoms with Gasteiger partial charge in [-0.05, 0) is 51.3 Å². The number of nitrogens with one attached hydrogen (secondary N) is 1. The highest BCUT2D eigenvalue weighted by atomic mass is 32.2. The van der Waals surface area contributed by atoms with Gasteiger partial charge in [0, 0.05) is 24.6 Å². The predicted molar refractivity (Wildman–Crippen MR) is 123 cm³/mol. The highest BCUT2D eigenvalue weighted by molar-refractivity contribution is 7.89. The van der Waals surface area contributed by atoms with E-state index in [9.17, 15) is 13.5 Å². The first-order valence-corrected chi connectivity index (χ1v) is 12.6. The lowest BCUT2D eigenvalue weighted by atomic mass is 10.1. The molecule has 0 spiro atoms. The lowest BCUT2D eigenvalue weighted by Crippen LogP contribution is -2.43. The molecule has 0 aromatic heterocycles. The molecule has 1 aromatic carbocycles. The number of benzene rings is 1. The Hall–Kier alpha value is -2.27. The Morgan fingerprint density at radius 2 is 2.03 bits per heavy atom. The third-order valence-corrected chi connectivity index (χ3v) is 7.77. The van der Waals surface area contributed by atoms with Gasteiger partial charge in [0.1, 0.15) is 18.0 Å². The molecule has 2 N–H and O–H groups in total. The van der Waals surface area contributed by atoms with Crippen LogP contribution in [0.5, 0.6) is 5.75 Å². The van der Waals surface area contributed by atoms with E-state index >= 15 is 0 Å². The normalized spacial score (nSPS) is 20.6. The minimum absolute atomic E-state index is 0.193. The van der Waals surface area contributed by atoms with E-state index in [-0.39, 0.29) is 4.90 Å². The fourth-order valence-electron chi connectivity index (χ4n) is 4.14. The average molecular weight is 462 g/mol. The number of aliphatic hydroxyl groups excluding tert-OH is 1. The number of aliphatic hydroxyl groups is 1. The smallest absolute Gasteiger partial charge is 0.288 e. The first kappa shape index (κ1) is 22.9. The number of hydrazone groups is 1. The maximum atomic E-state index is 13.3. The molecular formula is C22H31N5O4S+. The summed E-state index contributed by atoms with van der Waals surface area (Å²) in [5, 5.41) is 19.7. The van der Waals surface area contributed by atoms with E-state index < -0.39 is 16.1 Å². The zero-order chi connectivity index (χ0) is 22.9. The van der Waals surface area contributed by atoms with Crippen LogP contribution in [0.15, 0.2) is 44.6 Å². The molecule has 173 valence electrons. The Bertz CT molecular complexity index is 1070. The van der Waals surface area contributed by atoms with Crippen LogP contribution in [0.1, 0.15) is 52.0 Å². The minimum atomic E-state index is -3.69. The predicted octanol–water partition coefficient (Wildman–Crippen LogP) is 2.08. The van der Waals surface area contributed by atoms with Gasteiger partial charge >= 0.3 is 0 Å². The second kappa shape index (κ2) is 9.30. The molecule has 10 heteroatoms. The van der Waals surface area contributed by atoms with Crippen molar-refractivity contribution in [1.82, 2.24) is 14.6 Å². The van der Waals surface area contributed by atoms with E-state index in [1.807, 2.05) is 18.9 Å². The van der Waals surface area contributed by atoms with Crippen LogP contribution in [-0.4, -0.2) is 61.8 Å². The second-order valence-corrected chi connectivity index (χ2v) is 10.1. The summed E-state index contributed by atoms with van der Waals surface area (Å²) < 4.78 is 33.8. The molecule has 3 aliphatic rings. The molecular weight excluding hydrogens is 430 g/mol. The van der Waals surface area contributed by atoms with Gasteiger partial charge in [0.2, 0.25) is 21.6 Å². The quantitative estimate of drug-likeness (QED) is 0.604. The highest BCUT2D eigenvalue weighted by Gasteiger charge is 2.41. The number of amidine groups is 2.